The van der Waals surface area contributed by atoms with Gasteiger partial charge in [0.05, 0.1) is 11.3 Å². The largest absolute Gasteiger partial charge is 0.339 e. The van der Waals surface area contributed by atoms with E-state index in [1.807, 2.05) is 62.4 Å². The lowest BCUT2D eigenvalue weighted by Gasteiger charge is -2.16. The van der Waals surface area contributed by atoms with Gasteiger partial charge in [-0.2, -0.15) is 14.9 Å². The lowest BCUT2D eigenvalue weighted by atomic mass is 10.1. The molecule has 0 aliphatic heterocycles. The summed E-state index contributed by atoms with van der Waals surface area (Å²) in [6, 6.07) is 20.1. The molecular formula is C27H26N8S. The van der Waals surface area contributed by atoms with Crippen LogP contribution in [-0.4, -0.2) is 9.36 Å². The average molecular weight is 495 g/mol. The van der Waals surface area contributed by atoms with Crippen LogP contribution in [0.1, 0.15) is 40.9 Å². The Bertz CT molecular complexity index is 1490. The minimum atomic E-state index is 0. The Balaban J connectivity index is 0.00000361. The molecule has 0 fully saturated rings. The highest BCUT2D eigenvalue weighted by Crippen LogP contribution is 2.38. The molecule has 0 bridgehead atoms. The predicted molar refractivity (Wildman–Crippen MR) is 145 cm³/mol. The maximum Gasteiger partial charge on any atom is 0.176 e. The van der Waals surface area contributed by atoms with Crippen LogP contribution in [0.15, 0.2) is 58.8 Å². The molecule has 2 aromatic heterocycles. The SMILES string of the molecule is C.Cc1ccc(Nc2nc(Nc3ccc(C)cc3)c(N=Nc3snc(C)c3C#N)c(C)c2C#N)cc1. The molecule has 0 saturated heterocycles. The third-order valence-electron chi connectivity index (χ3n) is 5.35. The van der Waals surface area contributed by atoms with E-state index in [0.29, 0.717) is 44.7 Å². The summed E-state index contributed by atoms with van der Waals surface area (Å²) < 4.78 is 4.19. The van der Waals surface area contributed by atoms with E-state index in [1.54, 1.807) is 13.8 Å². The van der Waals surface area contributed by atoms with Crippen LogP contribution >= 0.6 is 11.5 Å². The van der Waals surface area contributed by atoms with Gasteiger partial charge < -0.3 is 10.6 Å². The Hall–Kier alpha value is -4.60. The van der Waals surface area contributed by atoms with Crippen LogP contribution < -0.4 is 10.6 Å². The number of aryl methyl sites for hydroxylation is 3. The van der Waals surface area contributed by atoms with Gasteiger partial charge in [-0.3, -0.25) is 0 Å². The quantitative estimate of drug-likeness (QED) is 0.261. The molecule has 0 unspecified atom stereocenters. The van der Waals surface area contributed by atoms with Gasteiger partial charge in [0.15, 0.2) is 16.6 Å². The number of pyridine rings is 1. The van der Waals surface area contributed by atoms with Gasteiger partial charge in [-0.1, -0.05) is 42.8 Å². The summed E-state index contributed by atoms with van der Waals surface area (Å²) in [5, 5.41) is 35.1. The minimum absolute atomic E-state index is 0. The van der Waals surface area contributed by atoms with Gasteiger partial charge in [0.1, 0.15) is 23.4 Å². The highest BCUT2D eigenvalue weighted by atomic mass is 32.1. The molecule has 36 heavy (non-hydrogen) atoms. The summed E-state index contributed by atoms with van der Waals surface area (Å²) >= 11 is 1.10. The third-order valence-corrected chi connectivity index (χ3v) is 6.18. The summed E-state index contributed by atoms with van der Waals surface area (Å²) in [7, 11) is 0. The van der Waals surface area contributed by atoms with Gasteiger partial charge in [0.2, 0.25) is 0 Å². The molecule has 0 aliphatic carbocycles. The summed E-state index contributed by atoms with van der Waals surface area (Å²) in [5.74, 6) is 0.845. The van der Waals surface area contributed by atoms with Crippen molar-refractivity contribution in [2.45, 2.75) is 35.1 Å². The number of benzene rings is 2. The molecule has 2 heterocycles. The van der Waals surface area contributed by atoms with Crippen molar-refractivity contribution in [3.8, 4) is 12.1 Å². The third kappa shape index (κ3) is 5.54. The van der Waals surface area contributed by atoms with Crippen molar-refractivity contribution < 1.29 is 0 Å². The number of nitrogens with one attached hydrogen (secondary N) is 2. The fraction of sp³-hybridized carbons (Fsp3) is 0.185. The summed E-state index contributed by atoms with van der Waals surface area (Å²) in [4.78, 5) is 4.72. The number of aromatic nitrogens is 2. The number of rotatable bonds is 6. The van der Waals surface area contributed by atoms with E-state index in [4.69, 9.17) is 4.98 Å². The zero-order chi connectivity index (χ0) is 24.9. The second kappa shape index (κ2) is 11.2. The highest BCUT2D eigenvalue weighted by Gasteiger charge is 2.19. The topological polar surface area (TPSA) is 122 Å². The maximum absolute atomic E-state index is 9.95. The van der Waals surface area contributed by atoms with E-state index >= 15 is 0 Å². The molecule has 9 heteroatoms. The van der Waals surface area contributed by atoms with Crippen molar-refractivity contribution in [1.82, 2.24) is 9.36 Å². The molecule has 2 N–H and O–H groups in total. The first-order chi connectivity index (χ1) is 16.9. The van der Waals surface area contributed by atoms with E-state index in [1.165, 1.54) is 0 Å². The molecule has 2 aromatic carbocycles. The van der Waals surface area contributed by atoms with E-state index < -0.39 is 0 Å². The summed E-state index contributed by atoms with van der Waals surface area (Å²) in [5.41, 5.74) is 6.25. The molecule has 4 rings (SSSR count). The van der Waals surface area contributed by atoms with Crippen LogP contribution in [0.5, 0.6) is 0 Å². The van der Waals surface area contributed by atoms with Crippen LogP contribution in [0.4, 0.5) is 33.7 Å². The van der Waals surface area contributed by atoms with Crippen molar-refractivity contribution in [2.24, 2.45) is 10.2 Å². The second-order valence-electron chi connectivity index (χ2n) is 8.01. The van der Waals surface area contributed by atoms with Crippen LogP contribution in [0.25, 0.3) is 0 Å². The molecule has 8 nitrogen and oxygen atoms in total. The van der Waals surface area contributed by atoms with Gasteiger partial charge in [0.25, 0.3) is 0 Å². The van der Waals surface area contributed by atoms with Crippen molar-refractivity contribution in [3.05, 3.63) is 82.0 Å². The molecule has 0 spiro atoms. The number of hydrogen-bond donors (Lipinski definition) is 2. The maximum atomic E-state index is 9.95. The Morgan fingerprint density at radius 1 is 0.750 bits per heavy atom. The number of anilines is 4. The summed E-state index contributed by atoms with van der Waals surface area (Å²) in [6.07, 6.45) is 0. The molecule has 180 valence electrons. The van der Waals surface area contributed by atoms with Gasteiger partial charge in [-0.05, 0) is 63.5 Å². The molecule has 0 atom stereocenters. The van der Waals surface area contributed by atoms with Crippen LogP contribution in [-0.2, 0) is 0 Å². The monoisotopic (exact) mass is 494 g/mol. The Morgan fingerprint density at radius 2 is 1.28 bits per heavy atom. The number of hydrogen-bond acceptors (Lipinski definition) is 9. The highest BCUT2D eigenvalue weighted by molar-refractivity contribution is 7.10. The lowest BCUT2D eigenvalue weighted by molar-refractivity contribution is 1.16. The Labute approximate surface area is 215 Å². The first-order valence-corrected chi connectivity index (χ1v) is 11.6. The van der Waals surface area contributed by atoms with Gasteiger partial charge in [-0.15, -0.1) is 10.2 Å². The first-order valence-electron chi connectivity index (χ1n) is 10.8. The van der Waals surface area contributed by atoms with Gasteiger partial charge in [-0.25, -0.2) is 4.98 Å². The molecule has 4 aromatic rings. The molecule has 0 aliphatic rings. The van der Waals surface area contributed by atoms with Gasteiger partial charge in [0, 0.05) is 16.9 Å². The Kier molecular flexibility index (Phi) is 8.11. The molecule has 0 amide bonds. The predicted octanol–water partition coefficient (Wildman–Crippen LogP) is 8.05. The van der Waals surface area contributed by atoms with E-state index in [2.05, 4.69) is 37.4 Å². The average Bonchev–Trinajstić information content (AvgIpc) is 3.21. The zero-order valence-corrected chi connectivity index (χ0v) is 20.5. The fourth-order valence-corrected chi connectivity index (χ4v) is 4.01. The fourth-order valence-electron chi connectivity index (χ4n) is 3.33. The standard InChI is InChI=1S/C26H22N8S.CH4/c1-15-5-9-19(10-6-15)29-24-21(13-27)17(3)23(32-33-26-22(14-28)18(4)34-35-26)25(31-24)30-20-11-7-16(2)8-12-20;/h5-12H,1-4H3,(H2,29,30,31);1H4. The van der Waals surface area contributed by atoms with Crippen molar-refractivity contribution in [1.29, 1.82) is 10.5 Å². The normalized spacial score (nSPS) is 10.4. The first kappa shape index (κ1) is 26.0. The van der Waals surface area contributed by atoms with Crippen molar-refractivity contribution in [2.75, 3.05) is 10.6 Å². The minimum Gasteiger partial charge on any atom is -0.339 e. The number of nitriles is 2. The molecule has 0 radical (unpaired) electrons. The van der Waals surface area contributed by atoms with Crippen molar-refractivity contribution in [3.63, 3.8) is 0 Å². The second-order valence-corrected chi connectivity index (χ2v) is 8.76. The van der Waals surface area contributed by atoms with Gasteiger partial charge >= 0.3 is 0 Å². The number of nitrogens with zero attached hydrogens (tertiary/aromatic N) is 6. The van der Waals surface area contributed by atoms with Crippen LogP contribution in [0.3, 0.4) is 0 Å². The summed E-state index contributed by atoms with van der Waals surface area (Å²) in [6.45, 7) is 7.59. The van der Waals surface area contributed by atoms with Crippen LogP contribution in [0.2, 0.25) is 0 Å². The number of azo groups is 1. The zero-order valence-electron chi connectivity index (χ0n) is 19.7. The van der Waals surface area contributed by atoms with E-state index in [9.17, 15) is 10.5 Å². The Morgan fingerprint density at radius 3 is 1.81 bits per heavy atom. The van der Waals surface area contributed by atoms with Crippen LogP contribution in [0, 0.1) is 50.4 Å². The lowest BCUT2D eigenvalue weighted by Crippen LogP contribution is -2.04. The van der Waals surface area contributed by atoms with E-state index in [-0.39, 0.29) is 7.43 Å². The molecular weight excluding hydrogens is 468 g/mol. The molecule has 0 saturated carbocycles. The van der Waals surface area contributed by atoms with Crippen molar-refractivity contribution >= 4 is 45.2 Å². The smallest absolute Gasteiger partial charge is 0.176 e. The van der Waals surface area contributed by atoms with E-state index in [0.717, 1.165) is 34.0 Å².